The van der Waals surface area contributed by atoms with Crippen molar-refractivity contribution in [2.24, 2.45) is 0 Å². The molecule has 1 fully saturated rings. The summed E-state index contributed by atoms with van der Waals surface area (Å²) in [4.78, 5) is 0. The van der Waals surface area contributed by atoms with Gasteiger partial charge in [0.15, 0.2) is 5.69 Å². The van der Waals surface area contributed by atoms with Crippen molar-refractivity contribution < 1.29 is 13.2 Å². The zero-order valence-corrected chi connectivity index (χ0v) is 14.2. The van der Waals surface area contributed by atoms with Crippen LogP contribution in [0.15, 0.2) is 30.5 Å². The van der Waals surface area contributed by atoms with Crippen molar-refractivity contribution in [3.8, 4) is 0 Å². The summed E-state index contributed by atoms with van der Waals surface area (Å²) in [5, 5.41) is 7.89. The highest BCUT2D eigenvalue weighted by Crippen LogP contribution is 2.38. The third-order valence-corrected chi connectivity index (χ3v) is 5.23. The molecule has 1 aromatic carbocycles. The molecule has 24 heavy (non-hydrogen) atoms. The van der Waals surface area contributed by atoms with Crippen molar-refractivity contribution in [1.29, 1.82) is 0 Å². The molecule has 0 spiro atoms. The van der Waals surface area contributed by atoms with Crippen LogP contribution in [0.2, 0.25) is 10.0 Å². The standard InChI is InChI=1S/C16H16Cl2F3N3/c17-12-2-1-11(9-13(12)18)15(4-6-22-7-5-15)10-24-8-3-14(23-24)16(19,20)21/h1-3,8-9,22H,4-7,10H2. The minimum absolute atomic E-state index is 0.325. The van der Waals surface area contributed by atoms with Crippen molar-refractivity contribution in [3.63, 3.8) is 0 Å². The van der Waals surface area contributed by atoms with Gasteiger partial charge in [0.2, 0.25) is 0 Å². The number of aromatic nitrogens is 2. The van der Waals surface area contributed by atoms with Crippen LogP contribution in [0, 0.1) is 0 Å². The lowest BCUT2D eigenvalue weighted by atomic mass is 9.73. The Hall–Kier alpha value is -1.24. The van der Waals surface area contributed by atoms with Gasteiger partial charge in [-0.3, -0.25) is 4.68 Å². The Morgan fingerprint density at radius 3 is 2.42 bits per heavy atom. The Kier molecular flexibility index (Phi) is 4.82. The van der Waals surface area contributed by atoms with E-state index in [1.807, 2.05) is 12.1 Å². The Labute approximate surface area is 147 Å². The molecule has 2 heterocycles. The second-order valence-corrected chi connectivity index (χ2v) is 6.87. The molecule has 3 nitrogen and oxygen atoms in total. The predicted octanol–water partition coefficient (Wildman–Crippen LogP) is 4.53. The van der Waals surface area contributed by atoms with E-state index in [1.165, 1.54) is 10.9 Å². The minimum atomic E-state index is -4.43. The Bertz CT molecular complexity index is 722. The number of hydrogen-bond donors (Lipinski definition) is 1. The highest BCUT2D eigenvalue weighted by atomic mass is 35.5. The number of hydrogen-bond acceptors (Lipinski definition) is 2. The predicted molar refractivity (Wildman–Crippen MR) is 87.5 cm³/mol. The Balaban J connectivity index is 1.94. The third kappa shape index (κ3) is 3.55. The summed E-state index contributed by atoms with van der Waals surface area (Å²) in [6.07, 6.45) is -1.49. The lowest BCUT2D eigenvalue weighted by molar-refractivity contribution is -0.141. The van der Waals surface area contributed by atoms with E-state index in [0.717, 1.165) is 37.6 Å². The molecule has 3 rings (SSSR count). The fraction of sp³-hybridized carbons (Fsp3) is 0.438. The molecule has 8 heteroatoms. The topological polar surface area (TPSA) is 29.9 Å². The zero-order chi connectivity index (χ0) is 17.4. The average Bonchev–Trinajstić information content (AvgIpc) is 2.99. The van der Waals surface area contributed by atoms with Crippen LogP contribution in [-0.2, 0) is 18.1 Å². The van der Waals surface area contributed by atoms with Crippen LogP contribution in [0.5, 0.6) is 0 Å². The maximum absolute atomic E-state index is 12.8. The highest BCUT2D eigenvalue weighted by Gasteiger charge is 2.37. The van der Waals surface area contributed by atoms with Gasteiger partial charge in [0.05, 0.1) is 16.6 Å². The molecule has 1 aliphatic heterocycles. The number of benzene rings is 1. The van der Waals surface area contributed by atoms with Gasteiger partial charge in [-0.15, -0.1) is 0 Å². The van der Waals surface area contributed by atoms with Gasteiger partial charge in [0.1, 0.15) is 0 Å². The fourth-order valence-corrected chi connectivity index (χ4v) is 3.48. The van der Waals surface area contributed by atoms with Crippen LogP contribution >= 0.6 is 23.2 Å². The molecule has 0 atom stereocenters. The molecular weight excluding hydrogens is 362 g/mol. The summed E-state index contributed by atoms with van der Waals surface area (Å²) < 4.78 is 39.7. The molecule has 1 aromatic heterocycles. The highest BCUT2D eigenvalue weighted by molar-refractivity contribution is 6.42. The van der Waals surface area contributed by atoms with Crippen molar-refractivity contribution in [3.05, 3.63) is 51.8 Å². The van der Waals surface area contributed by atoms with Gasteiger partial charge in [0, 0.05) is 11.6 Å². The molecule has 2 aromatic rings. The van der Waals surface area contributed by atoms with Crippen molar-refractivity contribution in [2.75, 3.05) is 13.1 Å². The average molecular weight is 378 g/mol. The number of nitrogens with one attached hydrogen (secondary N) is 1. The van der Waals surface area contributed by atoms with Crippen LogP contribution in [-0.4, -0.2) is 22.9 Å². The van der Waals surface area contributed by atoms with E-state index < -0.39 is 11.9 Å². The first-order chi connectivity index (χ1) is 11.3. The van der Waals surface area contributed by atoms with Gasteiger partial charge >= 0.3 is 6.18 Å². The smallest absolute Gasteiger partial charge is 0.317 e. The quantitative estimate of drug-likeness (QED) is 0.851. The summed E-state index contributed by atoms with van der Waals surface area (Å²) in [6.45, 7) is 1.93. The lowest BCUT2D eigenvalue weighted by Gasteiger charge is -2.38. The Morgan fingerprint density at radius 1 is 1.12 bits per heavy atom. The molecule has 0 unspecified atom stereocenters. The second kappa shape index (κ2) is 6.58. The first-order valence-electron chi connectivity index (χ1n) is 7.57. The Morgan fingerprint density at radius 2 is 1.83 bits per heavy atom. The van der Waals surface area contributed by atoms with Gasteiger partial charge in [-0.25, -0.2) is 0 Å². The van der Waals surface area contributed by atoms with E-state index in [9.17, 15) is 13.2 Å². The summed E-state index contributed by atoms with van der Waals surface area (Å²) in [7, 11) is 0. The molecule has 1 saturated heterocycles. The SMILES string of the molecule is FC(F)(F)c1ccn(CC2(c3ccc(Cl)c(Cl)c3)CCNCC2)n1. The molecule has 0 bridgehead atoms. The molecule has 1 aliphatic rings. The molecule has 0 saturated carbocycles. The van der Waals surface area contributed by atoms with Crippen LogP contribution in [0.1, 0.15) is 24.1 Å². The van der Waals surface area contributed by atoms with Crippen molar-refractivity contribution >= 4 is 23.2 Å². The van der Waals surface area contributed by atoms with Crippen LogP contribution < -0.4 is 5.32 Å². The van der Waals surface area contributed by atoms with Gasteiger partial charge in [0.25, 0.3) is 0 Å². The maximum atomic E-state index is 12.8. The van der Waals surface area contributed by atoms with Gasteiger partial charge in [-0.2, -0.15) is 18.3 Å². The maximum Gasteiger partial charge on any atom is 0.435 e. The summed E-state index contributed by atoms with van der Waals surface area (Å²) in [5.41, 5.74) is -0.225. The molecule has 0 aliphatic carbocycles. The van der Waals surface area contributed by atoms with Crippen LogP contribution in [0.4, 0.5) is 13.2 Å². The lowest BCUT2D eigenvalue weighted by Crippen LogP contribution is -2.43. The van der Waals surface area contributed by atoms with E-state index in [4.69, 9.17) is 23.2 Å². The van der Waals surface area contributed by atoms with E-state index in [2.05, 4.69) is 10.4 Å². The van der Waals surface area contributed by atoms with Gasteiger partial charge < -0.3 is 5.32 Å². The fourth-order valence-electron chi connectivity index (χ4n) is 3.18. The van der Waals surface area contributed by atoms with Crippen molar-refractivity contribution in [2.45, 2.75) is 31.0 Å². The normalized spacial score (nSPS) is 17.9. The van der Waals surface area contributed by atoms with E-state index in [-0.39, 0.29) is 5.41 Å². The van der Waals surface area contributed by atoms with E-state index in [0.29, 0.717) is 16.6 Å². The first kappa shape index (κ1) is 17.6. The zero-order valence-electron chi connectivity index (χ0n) is 12.7. The van der Waals surface area contributed by atoms with Crippen LogP contribution in [0.25, 0.3) is 0 Å². The second-order valence-electron chi connectivity index (χ2n) is 6.06. The molecule has 0 amide bonds. The number of nitrogens with zero attached hydrogens (tertiary/aromatic N) is 2. The van der Waals surface area contributed by atoms with E-state index in [1.54, 1.807) is 6.07 Å². The van der Waals surface area contributed by atoms with E-state index >= 15 is 0 Å². The third-order valence-electron chi connectivity index (χ3n) is 4.49. The minimum Gasteiger partial charge on any atom is -0.317 e. The number of piperidine rings is 1. The molecule has 1 N–H and O–H groups in total. The summed E-state index contributed by atoms with van der Waals surface area (Å²) in [5.74, 6) is 0. The summed E-state index contributed by atoms with van der Waals surface area (Å²) in [6, 6.07) is 6.44. The number of rotatable bonds is 3. The van der Waals surface area contributed by atoms with Crippen molar-refractivity contribution in [1.82, 2.24) is 15.1 Å². The number of alkyl halides is 3. The molecular formula is C16H16Cl2F3N3. The molecule has 130 valence electrons. The monoisotopic (exact) mass is 377 g/mol. The van der Waals surface area contributed by atoms with Gasteiger partial charge in [-0.1, -0.05) is 29.3 Å². The number of halogens is 5. The van der Waals surface area contributed by atoms with Crippen LogP contribution in [0.3, 0.4) is 0 Å². The summed E-state index contributed by atoms with van der Waals surface area (Å²) >= 11 is 12.1. The first-order valence-corrected chi connectivity index (χ1v) is 8.33. The molecule has 0 radical (unpaired) electrons. The largest absolute Gasteiger partial charge is 0.435 e. The van der Waals surface area contributed by atoms with Gasteiger partial charge in [-0.05, 0) is 49.7 Å².